The first kappa shape index (κ1) is 12.8. The van der Waals surface area contributed by atoms with Crippen LogP contribution in [0.25, 0.3) is 0 Å². The van der Waals surface area contributed by atoms with Crippen molar-refractivity contribution in [2.24, 2.45) is 0 Å². The minimum atomic E-state index is -0.123. The number of amides is 1. The molecular weight excluding hydrogens is 262 g/mol. The van der Waals surface area contributed by atoms with E-state index in [1.807, 2.05) is 0 Å². The molecule has 1 unspecified atom stereocenters. The lowest BCUT2D eigenvalue weighted by atomic mass is 10.1. The standard InChI is InChI=1S/C14H18ClN3O/c15-9-1-4-13(16)12(7-9)14(19)17-10-5-6-18(8-10)11-2-3-11/h1,4,7,10-11H,2-3,5-6,8,16H2,(H,17,19). The minimum Gasteiger partial charge on any atom is -0.398 e. The van der Waals surface area contributed by atoms with Crippen LogP contribution in [0.15, 0.2) is 18.2 Å². The van der Waals surface area contributed by atoms with E-state index in [0.717, 1.165) is 25.6 Å². The van der Waals surface area contributed by atoms with Crippen LogP contribution in [0.4, 0.5) is 5.69 Å². The number of nitrogens with one attached hydrogen (secondary N) is 1. The molecule has 102 valence electrons. The first-order valence-electron chi connectivity index (χ1n) is 6.73. The smallest absolute Gasteiger partial charge is 0.253 e. The van der Waals surface area contributed by atoms with Crippen LogP contribution < -0.4 is 11.1 Å². The molecule has 2 aliphatic rings. The summed E-state index contributed by atoms with van der Waals surface area (Å²) in [5.74, 6) is -0.123. The van der Waals surface area contributed by atoms with Crippen molar-refractivity contribution >= 4 is 23.2 Å². The third-order valence-corrected chi connectivity index (χ3v) is 4.11. The van der Waals surface area contributed by atoms with E-state index in [-0.39, 0.29) is 11.9 Å². The van der Waals surface area contributed by atoms with Gasteiger partial charge in [0.2, 0.25) is 0 Å². The van der Waals surface area contributed by atoms with Crippen LogP contribution >= 0.6 is 11.6 Å². The van der Waals surface area contributed by atoms with Crippen LogP contribution in [0.1, 0.15) is 29.6 Å². The number of carbonyl (C=O) groups is 1. The third-order valence-electron chi connectivity index (χ3n) is 3.88. The van der Waals surface area contributed by atoms with E-state index in [2.05, 4.69) is 10.2 Å². The Hall–Kier alpha value is -1.26. The number of anilines is 1. The second-order valence-corrected chi connectivity index (χ2v) is 5.85. The van der Waals surface area contributed by atoms with Crippen LogP contribution in [0.2, 0.25) is 5.02 Å². The molecule has 0 spiro atoms. The summed E-state index contributed by atoms with van der Waals surface area (Å²) in [5.41, 5.74) is 6.76. The number of likely N-dealkylation sites (tertiary alicyclic amines) is 1. The van der Waals surface area contributed by atoms with Crippen molar-refractivity contribution in [3.8, 4) is 0 Å². The van der Waals surface area contributed by atoms with Gasteiger partial charge in [0, 0.05) is 35.9 Å². The highest BCUT2D eigenvalue weighted by molar-refractivity contribution is 6.31. The van der Waals surface area contributed by atoms with Crippen LogP contribution in [0, 0.1) is 0 Å². The van der Waals surface area contributed by atoms with Crippen LogP contribution in [-0.4, -0.2) is 36.0 Å². The Balaban J connectivity index is 1.63. The molecule has 3 N–H and O–H groups in total. The Morgan fingerprint density at radius 1 is 1.37 bits per heavy atom. The molecule has 1 aromatic rings. The average molecular weight is 280 g/mol. The molecule has 0 radical (unpaired) electrons. The number of nitrogen functional groups attached to an aromatic ring is 1. The second kappa shape index (κ2) is 5.02. The second-order valence-electron chi connectivity index (χ2n) is 5.42. The van der Waals surface area contributed by atoms with E-state index in [9.17, 15) is 4.79 Å². The zero-order valence-electron chi connectivity index (χ0n) is 10.7. The van der Waals surface area contributed by atoms with E-state index < -0.39 is 0 Å². The van der Waals surface area contributed by atoms with Crippen LogP contribution in [0.3, 0.4) is 0 Å². The molecule has 3 rings (SSSR count). The summed E-state index contributed by atoms with van der Waals surface area (Å²) in [4.78, 5) is 14.7. The molecule has 19 heavy (non-hydrogen) atoms. The normalized spacial score (nSPS) is 23.5. The lowest BCUT2D eigenvalue weighted by Gasteiger charge is -2.16. The molecule has 1 aliphatic carbocycles. The van der Waals surface area contributed by atoms with Crippen LogP contribution in [0.5, 0.6) is 0 Å². The predicted octanol–water partition coefficient (Wildman–Crippen LogP) is 1.89. The number of rotatable bonds is 3. The van der Waals surface area contributed by atoms with Gasteiger partial charge < -0.3 is 11.1 Å². The lowest BCUT2D eigenvalue weighted by molar-refractivity contribution is 0.0938. The third kappa shape index (κ3) is 2.85. The fraction of sp³-hybridized carbons (Fsp3) is 0.500. The van der Waals surface area contributed by atoms with Gasteiger partial charge in [-0.2, -0.15) is 0 Å². The minimum absolute atomic E-state index is 0.123. The molecule has 1 aliphatic heterocycles. The van der Waals surface area contributed by atoms with E-state index in [1.54, 1.807) is 18.2 Å². The first-order valence-corrected chi connectivity index (χ1v) is 7.11. The zero-order valence-corrected chi connectivity index (χ0v) is 11.5. The molecule has 1 heterocycles. The monoisotopic (exact) mass is 279 g/mol. The molecule has 1 saturated carbocycles. The fourth-order valence-electron chi connectivity index (χ4n) is 2.66. The van der Waals surface area contributed by atoms with Crippen molar-refractivity contribution in [2.45, 2.75) is 31.3 Å². The van der Waals surface area contributed by atoms with Crippen molar-refractivity contribution in [3.05, 3.63) is 28.8 Å². The number of nitrogens with two attached hydrogens (primary N) is 1. The van der Waals surface area contributed by atoms with E-state index in [0.29, 0.717) is 16.3 Å². The summed E-state index contributed by atoms with van der Waals surface area (Å²) >= 11 is 5.91. The maximum absolute atomic E-state index is 12.2. The molecule has 5 heteroatoms. The molecule has 1 atom stereocenters. The quantitative estimate of drug-likeness (QED) is 0.831. The summed E-state index contributed by atoms with van der Waals surface area (Å²) in [6, 6.07) is 5.98. The molecule has 0 aromatic heterocycles. The summed E-state index contributed by atoms with van der Waals surface area (Å²) < 4.78 is 0. The maximum atomic E-state index is 12.2. The number of halogens is 1. The zero-order chi connectivity index (χ0) is 13.4. The van der Waals surface area contributed by atoms with Crippen molar-refractivity contribution in [1.29, 1.82) is 0 Å². The number of nitrogens with zero attached hydrogens (tertiary/aromatic N) is 1. The van der Waals surface area contributed by atoms with Crippen molar-refractivity contribution in [3.63, 3.8) is 0 Å². The van der Waals surface area contributed by atoms with Crippen molar-refractivity contribution < 1.29 is 4.79 Å². The van der Waals surface area contributed by atoms with Crippen molar-refractivity contribution in [1.82, 2.24) is 10.2 Å². The number of hydrogen-bond acceptors (Lipinski definition) is 3. The maximum Gasteiger partial charge on any atom is 0.253 e. The lowest BCUT2D eigenvalue weighted by Crippen LogP contribution is -2.37. The van der Waals surface area contributed by atoms with Gasteiger partial charge in [0.15, 0.2) is 0 Å². The van der Waals surface area contributed by atoms with Gasteiger partial charge in [0.05, 0.1) is 5.56 Å². The Labute approximate surface area is 117 Å². The highest BCUT2D eigenvalue weighted by Gasteiger charge is 2.34. The summed E-state index contributed by atoms with van der Waals surface area (Å²) in [5, 5.41) is 3.59. The fourth-order valence-corrected chi connectivity index (χ4v) is 2.84. The molecule has 4 nitrogen and oxygen atoms in total. The highest BCUT2D eigenvalue weighted by Crippen LogP contribution is 2.30. The first-order chi connectivity index (χ1) is 9.13. The molecule has 1 saturated heterocycles. The molecule has 0 bridgehead atoms. The Kier molecular flexibility index (Phi) is 3.37. The topological polar surface area (TPSA) is 58.4 Å². The molecule has 2 fully saturated rings. The highest BCUT2D eigenvalue weighted by atomic mass is 35.5. The largest absolute Gasteiger partial charge is 0.398 e. The summed E-state index contributed by atoms with van der Waals surface area (Å²) in [6.07, 6.45) is 3.63. The Morgan fingerprint density at radius 3 is 2.89 bits per heavy atom. The van der Waals surface area contributed by atoms with Gasteiger partial charge in [-0.1, -0.05) is 11.6 Å². The number of carbonyl (C=O) groups excluding carboxylic acids is 1. The van der Waals surface area contributed by atoms with E-state index >= 15 is 0 Å². The van der Waals surface area contributed by atoms with E-state index in [1.165, 1.54) is 12.8 Å². The average Bonchev–Trinajstić information content (AvgIpc) is 3.13. The molecule has 1 aromatic carbocycles. The Bertz CT molecular complexity index is 501. The van der Waals surface area contributed by atoms with Gasteiger partial charge >= 0.3 is 0 Å². The van der Waals surface area contributed by atoms with Gasteiger partial charge in [-0.3, -0.25) is 9.69 Å². The summed E-state index contributed by atoms with van der Waals surface area (Å²) in [6.45, 7) is 2.04. The number of benzene rings is 1. The molecular formula is C14H18ClN3O. The number of hydrogen-bond donors (Lipinski definition) is 2. The predicted molar refractivity (Wildman–Crippen MR) is 76.3 cm³/mol. The van der Waals surface area contributed by atoms with Gasteiger partial charge in [-0.15, -0.1) is 0 Å². The van der Waals surface area contributed by atoms with Gasteiger partial charge in [-0.05, 0) is 37.5 Å². The van der Waals surface area contributed by atoms with E-state index in [4.69, 9.17) is 17.3 Å². The van der Waals surface area contributed by atoms with Gasteiger partial charge in [-0.25, -0.2) is 0 Å². The van der Waals surface area contributed by atoms with Gasteiger partial charge in [0.1, 0.15) is 0 Å². The van der Waals surface area contributed by atoms with Crippen LogP contribution in [-0.2, 0) is 0 Å². The van der Waals surface area contributed by atoms with Crippen molar-refractivity contribution in [2.75, 3.05) is 18.8 Å². The molecule has 1 amide bonds. The SMILES string of the molecule is Nc1ccc(Cl)cc1C(=O)NC1CCN(C2CC2)C1. The Morgan fingerprint density at radius 2 is 2.16 bits per heavy atom. The van der Waals surface area contributed by atoms with Gasteiger partial charge in [0.25, 0.3) is 5.91 Å². The summed E-state index contributed by atoms with van der Waals surface area (Å²) in [7, 11) is 0.